The number of hydrogen-bond donors (Lipinski definition) is 1. The lowest BCUT2D eigenvalue weighted by Crippen LogP contribution is -2.30. The molecule has 2 nitrogen and oxygen atoms in total. The molecule has 2 heteroatoms. The first-order chi connectivity index (χ1) is 5.12. The largest absolute Gasteiger partial charge is 0.353 e. The second kappa shape index (κ2) is 1.99. The summed E-state index contributed by atoms with van der Waals surface area (Å²) in [5, 5.41) is 3.07. The summed E-state index contributed by atoms with van der Waals surface area (Å²) >= 11 is 0. The van der Waals surface area contributed by atoms with Crippen LogP contribution in [0.4, 0.5) is 0 Å². The number of hydrogen-bond acceptors (Lipinski definition) is 1. The summed E-state index contributed by atoms with van der Waals surface area (Å²) in [7, 11) is 0. The van der Waals surface area contributed by atoms with E-state index in [1.165, 1.54) is 6.42 Å². The van der Waals surface area contributed by atoms with Crippen LogP contribution in [0.25, 0.3) is 0 Å². The molecule has 2 aliphatic rings. The van der Waals surface area contributed by atoms with Crippen molar-refractivity contribution in [2.24, 2.45) is 11.3 Å². The van der Waals surface area contributed by atoms with Crippen LogP contribution in [-0.2, 0) is 4.79 Å². The van der Waals surface area contributed by atoms with Crippen LogP contribution in [-0.4, -0.2) is 11.9 Å². The first-order valence-electron chi connectivity index (χ1n) is 4.43. The molecule has 11 heavy (non-hydrogen) atoms. The van der Waals surface area contributed by atoms with Crippen molar-refractivity contribution in [3.8, 4) is 0 Å². The van der Waals surface area contributed by atoms with E-state index in [2.05, 4.69) is 19.2 Å². The predicted octanol–water partition coefficient (Wildman–Crippen LogP) is 1.31. The lowest BCUT2D eigenvalue weighted by atomic mass is 9.73. The third-order valence-corrected chi connectivity index (χ3v) is 3.37. The average molecular weight is 153 g/mol. The van der Waals surface area contributed by atoms with Gasteiger partial charge in [-0.2, -0.15) is 0 Å². The summed E-state index contributed by atoms with van der Waals surface area (Å²) in [6.45, 7) is 4.32. The SMILES string of the molecule is CC1CCC2(C)CC1NC2=O. The molecule has 0 aromatic heterocycles. The number of rotatable bonds is 0. The van der Waals surface area contributed by atoms with Gasteiger partial charge in [0.15, 0.2) is 0 Å². The van der Waals surface area contributed by atoms with Crippen molar-refractivity contribution < 1.29 is 4.79 Å². The second-order valence-corrected chi connectivity index (χ2v) is 4.36. The van der Waals surface area contributed by atoms with Crippen LogP contribution in [0.2, 0.25) is 0 Å². The zero-order valence-electron chi connectivity index (χ0n) is 7.18. The molecule has 1 N–H and O–H groups in total. The number of nitrogens with one attached hydrogen (secondary N) is 1. The summed E-state index contributed by atoms with van der Waals surface area (Å²) in [6, 6.07) is 0.473. The van der Waals surface area contributed by atoms with Gasteiger partial charge in [0.2, 0.25) is 5.91 Å². The Kier molecular flexibility index (Phi) is 1.29. The van der Waals surface area contributed by atoms with Crippen LogP contribution < -0.4 is 5.32 Å². The van der Waals surface area contributed by atoms with Crippen LogP contribution in [0.15, 0.2) is 0 Å². The minimum atomic E-state index is -0.0167. The van der Waals surface area contributed by atoms with Gasteiger partial charge in [0, 0.05) is 11.5 Å². The molecule has 2 bridgehead atoms. The highest BCUT2D eigenvalue weighted by atomic mass is 16.2. The van der Waals surface area contributed by atoms with Gasteiger partial charge in [0.1, 0.15) is 0 Å². The van der Waals surface area contributed by atoms with E-state index < -0.39 is 0 Å². The standard InChI is InChI=1S/C9H15NO/c1-6-3-4-9(2)5-7(6)10-8(9)11/h6-7H,3-5H2,1-2H3,(H,10,11). The highest BCUT2D eigenvalue weighted by Crippen LogP contribution is 2.43. The van der Waals surface area contributed by atoms with Crippen LogP contribution in [0.5, 0.6) is 0 Å². The van der Waals surface area contributed by atoms with Crippen LogP contribution >= 0.6 is 0 Å². The summed E-state index contributed by atoms with van der Waals surface area (Å²) in [5.74, 6) is 0.973. The fourth-order valence-electron chi connectivity index (χ4n) is 2.28. The number of amides is 1. The van der Waals surface area contributed by atoms with Gasteiger partial charge in [-0.1, -0.05) is 13.8 Å². The van der Waals surface area contributed by atoms with Crippen molar-refractivity contribution >= 4 is 5.91 Å². The van der Waals surface area contributed by atoms with Gasteiger partial charge in [-0.3, -0.25) is 4.79 Å². The normalized spacial score (nSPS) is 49.1. The molecule has 1 saturated carbocycles. The van der Waals surface area contributed by atoms with E-state index in [-0.39, 0.29) is 11.3 Å². The molecule has 1 aliphatic heterocycles. The molecule has 1 aliphatic carbocycles. The number of carbonyl (C=O) groups is 1. The first-order valence-corrected chi connectivity index (χ1v) is 4.43. The zero-order valence-corrected chi connectivity index (χ0v) is 7.18. The topological polar surface area (TPSA) is 29.1 Å². The third kappa shape index (κ3) is 0.883. The Labute approximate surface area is 67.4 Å². The van der Waals surface area contributed by atoms with Crippen molar-refractivity contribution in [3.05, 3.63) is 0 Å². The summed E-state index contributed by atoms with van der Waals surface area (Å²) in [5.41, 5.74) is -0.0167. The molecule has 1 amide bonds. The molecule has 2 fully saturated rings. The van der Waals surface area contributed by atoms with Crippen LogP contribution in [0.3, 0.4) is 0 Å². The predicted molar refractivity (Wildman–Crippen MR) is 43.1 cm³/mol. The molecule has 3 atom stereocenters. The van der Waals surface area contributed by atoms with Gasteiger partial charge < -0.3 is 5.32 Å². The molecular weight excluding hydrogens is 138 g/mol. The Morgan fingerprint density at radius 3 is 3.00 bits per heavy atom. The van der Waals surface area contributed by atoms with Gasteiger partial charge in [-0.25, -0.2) is 0 Å². The molecular formula is C9H15NO. The summed E-state index contributed by atoms with van der Waals surface area (Å²) < 4.78 is 0. The molecule has 1 saturated heterocycles. The minimum absolute atomic E-state index is 0.0167. The maximum Gasteiger partial charge on any atom is 0.226 e. The van der Waals surface area contributed by atoms with Crippen molar-refractivity contribution in [1.82, 2.24) is 5.32 Å². The van der Waals surface area contributed by atoms with E-state index in [1.54, 1.807) is 0 Å². The Balaban J connectivity index is 2.24. The lowest BCUT2D eigenvalue weighted by molar-refractivity contribution is -0.126. The van der Waals surface area contributed by atoms with E-state index in [4.69, 9.17) is 0 Å². The number of fused-ring (bicyclic) bond motifs is 2. The quantitative estimate of drug-likeness (QED) is 0.558. The highest BCUT2D eigenvalue weighted by Gasteiger charge is 2.47. The summed E-state index contributed by atoms with van der Waals surface area (Å²) in [4.78, 5) is 11.4. The number of carbonyl (C=O) groups excluding carboxylic acids is 1. The molecule has 62 valence electrons. The van der Waals surface area contributed by atoms with E-state index in [0.29, 0.717) is 12.0 Å². The molecule has 0 aromatic carbocycles. The van der Waals surface area contributed by atoms with Gasteiger partial charge in [-0.15, -0.1) is 0 Å². The van der Waals surface area contributed by atoms with Crippen molar-refractivity contribution in [2.45, 2.75) is 39.2 Å². The smallest absolute Gasteiger partial charge is 0.226 e. The maximum atomic E-state index is 11.4. The average Bonchev–Trinajstić information content (AvgIpc) is 2.20. The van der Waals surface area contributed by atoms with Gasteiger partial charge in [0.05, 0.1) is 0 Å². The van der Waals surface area contributed by atoms with E-state index in [0.717, 1.165) is 12.8 Å². The Hall–Kier alpha value is -0.530. The Morgan fingerprint density at radius 1 is 1.64 bits per heavy atom. The zero-order chi connectivity index (χ0) is 8.06. The minimum Gasteiger partial charge on any atom is -0.353 e. The summed E-state index contributed by atoms with van der Waals surface area (Å²) in [6.07, 6.45) is 3.35. The Morgan fingerprint density at radius 2 is 2.36 bits per heavy atom. The van der Waals surface area contributed by atoms with Gasteiger partial charge in [0.25, 0.3) is 0 Å². The molecule has 3 unspecified atom stereocenters. The fourth-order valence-corrected chi connectivity index (χ4v) is 2.28. The highest BCUT2D eigenvalue weighted by molar-refractivity contribution is 5.85. The maximum absolute atomic E-state index is 11.4. The second-order valence-electron chi connectivity index (χ2n) is 4.36. The molecule has 1 heterocycles. The van der Waals surface area contributed by atoms with Crippen LogP contribution in [0, 0.1) is 11.3 Å². The lowest BCUT2D eigenvalue weighted by Gasteiger charge is -2.29. The molecule has 0 aromatic rings. The Bertz CT molecular complexity index is 202. The van der Waals surface area contributed by atoms with E-state index >= 15 is 0 Å². The third-order valence-electron chi connectivity index (χ3n) is 3.37. The monoisotopic (exact) mass is 153 g/mol. The van der Waals surface area contributed by atoms with Gasteiger partial charge in [-0.05, 0) is 25.2 Å². The van der Waals surface area contributed by atoms with E-state index in [1.807, 2.05) is 0 Å². The molecule has 0 spiro atoms. The van der Waals surface area contributed by atoms with Crippen LogP contribution in [0.1, 0.15) is 33.1 Å². The van der Waals surface area contributed by atoms with Crippen molar-refractivity contribution in [3.63, 3.8) is 0 Å². The first kappa shape index (κ1) is 7.14. The van der Waals surface area contributed by atoms with E-state index in [9.17, 15) is 4.79 Å². The van der Waals surface area contributed by atoms with Crippen molar-refractivity contribution in [2.75, 3.05) is 0 Å². The molecule has 2 rings (SSSR count). The van der Waals surface area contributed by atoms with Gasteiger partial charge >= 0.3 is 0 Å². The molecule has 0 radical (unpaired) electrons. The van der Waals surface area contributed by atoms with Crippen molar-refractivity contribution in [1.29, 1.82) is 0 Å². The fraction of sp³-hybridized carbons (Fsp3) is 0.889.